The molecule has 2 aromatic carbocycles. The molecule has 1 unspecified atom stereocenters. The number of nitrogens with zero attached hydrogens (tertiary/aromatic N) is 2. The number of likely N-dealkylation sites (tertiary alicyclic amines) is 1. The number of aryl methyl sites for hydroxylation is 1. The second kappa shape index (κ2) is 12.2. The molecular formula is C27H26F3N3O7. The predicted octanol–water partition coefficient (Wildman–Crippen LogP) is 3.40. The highest BCUT2D eigenvalue weighted by Gasteiger charge is 2.33. The molecule has 0 spiro atoms. The van der Waals surface area contributed by atoms with Crippen LogP contribution in [-0.2, 0) is 14.4 Å². The van der Waals surface area contributed by atoms with Gasteiger partial charge in [-0.1, -0.05) is 23.7 Å². The number of carboxylic acid groups (broad SMARTS) is 1. The summed E-state index contributed by atoms with van der Waals surface area (Å²) in [6.07, 6.45) is 0.709. The second-order valence-corrected chi connectivity index (χ2v) is 9.52. The Morgan fingerprint density at radius 1 is 1.18 bits per heavy atom. The van der Waals surface area contributed by atoms with Crippen molar-refractivity contribution in [2.75, 3.05) is 19.7 Å². The number of nitrogens with one attached hydrogen (secondary N) is 1. The zero-order valence-corrected chi connectivity index (χ0v) is 21.4. The molecule has 3 aromatic rings. The first-order valence-corrected chi connectivity index (χ1v) is 12.5. The van der Waals surface area contributed by atoms with E-state index >= 15 is 0 Å². The monoisotopic (exact) mass is 561 g/mol. The number of amides is 2. The molecule has 10 nitrogen and oxygen atoms in total. The Labute approximate surface area is 226 Å². The van der Waals surface area contributed by atoms with Gasteiger partial charge in [0.05, 0.1) is 17.7 Å². The highest BCUT2D eigenvalue weighted by atomic mass is 19.2. The van der Waals surface area contributed by atoms with Crippen molar-refractivity contribution >= 4 is 34.5 Å². The molecule has 1 aliphatic heterocycles. The van der Waals surface area contributed by atoms with Crippen molar-refractivity contribution in [3.05, 3.63) is 59.0 Å². The maximum absolute atomic E-state index is 14.2. The Kier molecular flexibility index (Phi) is 8.70. The molecule has 0 radical (unpaired) electrons. The van der Waals surface area contributed by atoms with Crippen LogP contribution in [0.5, 0.6) is 5.75 Å². The van der Waals surface area contributed by atoms with Gasteiger partial charge < -0.3 is 24.6 Å². The SMILES string of the molecule is Cc1cc(F)c(F)c(OCC(=O)[C@H](CC(=O)O)NC(=O)C2CCCCN(C(=O)c3noc4ccccc34)C2)c1F. The summed E-state index contributed by atoms with van der Waals surface area (Å²) in [6, 6.07) is 5.85. The number of carbonyl (C=O) groups is 4. The number of hydrogen-bond donors (Lipinski definition) is 2. The third-order valence-corrected chi connectivity index (χ3v) is 6.65. The fourth-order valence-electron chi connectivity index (χ4n) is 4.51. The largest absolute Gasteiger partial charge is 0.481 e. The number of hydrogen-bond acceptors (Lipinski definition) is 7. The molecule has 2 atom stereocenters. The molecule has 0 aliphatic carbocycles. The van der Waals surface area contributed by atoms with Gasteiger partial charge in [-0.05, 0) is 43.5 Å². The number of fused-ring (bicyclic) bond motifs is 1. The molecule has 1 saturated heterocycles. The van der Waals surface area contributed by atoms with Gasteiger partial charge in [-0.25, -0.2) is 8.78 Å². The van der Waals surface area contributed by atoms with E-state index in [1.807, 2.05) is 0 Å². The zero-order chi connectivity index (χ0) is 29.0. The number of rotatable bonds is 9. The first-order valence-electron chi connectivity index (χ1n) is 12.5. The van der Waals surface area contributed by atoms with Crippen molar-refractivity contribution in [3.63, 3.8) is 0 Å². The van der Waals surface area contributed by atoms with Crippen molar-refractivity contribution < 1.29 is 46.7 Å². The predicted molar refractivity (Wildman–Crippen MR) is 133 cm³/mol. The molecule has 2 heterocycles. The lowest BCUT2D eigenvalue weighted by Gasteiger charge is -2.25. The number of ketones is 1. The molecule has 13 heteroatoms. The molecule has 1 aliphatic rings. The first kappa shape index (κ1) is 28.6. The molecule has 0 saturated carbocycles. The van der Waals surface area contributed by atoms with Crippen LogP contribution in [0.1, 0.15) is 41.7 Å². The molecule has 4 rings (SSSR count). The summed E-state index contributed by atoms with van der Waals surface area (Å²) in [5.41, 5.74) is 0.267. The maximum atomic E-state index is 14.2. The molecule has 40 heavy (non-hydrogen) atoms. The van der Waals surface area contributed by atoms with Gasteiger partial charge in [0.2, 0.25) is 11.7 Å². The van der Waals surface area contributed by atoms with E-state index in [1.54, 1.807) is 24.3 Å². The Bertz CT molecular complexity index is 1430. The van der Waals surface area contributed by atoms with E-state index in [4.69, 9.17) is 9.26 Å². The number of halogens is 3. The lowest BCUT2D eigenvalue weighted by molar-refractivity contribution is -0.141. The van der Waals surface area contributed by atoms with Gasteiger partial charge in [0.25, 0.3) is 5.91 Å². The zero-order valence-electron chi connectivity index (χ0n) is 21.4. The summed E-state index contributed by atoms with van der Waals surface area (Å²) in [6.45, 7) is 0.476. The highest BCUT2D eigenvalue weighted by molar-refractivity contribution is 6.04. The van der Waals surface area contributed by atoms with E-state index in [0.29, 0.717) is 42.8 Å². The smallest absolute Gasteiger partial charge is 0.305 e. The molecule has 0 bridgehead atoms. The average molecular weight is 562 g/mol. The fourth-order valence-corrected chi connectivity index (χ4v) is 4.51. The summed E-state index contributed by atoms with van der Waals surface area (Å²) in [5, 5.41) is 16.0. The van der Waals surface area contributed by atoms with Crippen molar-refractivity contribution in [2.45, 2.75) is 38.6 Å². The Morgan fingerprint density at radius 2 is 1.93 bits per heavy atom. The Hall–Kier alpha value is -4.42. The second-order valence-electron chi connectivity index (χ2n) is 9.52. The third kappa shape index (κ3) is 6.24. The van der Waals surface area contributed by atoms with Crippen LogP contribution < -0.4 is 10.1 Å². The normalized spacial score (nSPS) is 16.3. The number of benzene rings is 2. The Morgan fingerprint density at radius 3 is 2.67 bits per heavy atom. The fraction of sp³-hybridized carbons (Fsp3) is 0.370. The number of Topliss-reactive ketones (excluding diaryl/α,β-unsaturated/α-hetero) is 1. The van der Waals surface area contributed by atoms with Crippen LogP contribution in [0.25, 0.3) is 11.0 Å². The first-order chi connectivity index (χ1) is 19.1. The molecule has 1 aromatic heterocycles. The molecule has 1 fully saturated rings. The number of carbonyl (C=O) groups excluding carboxylic acids is 3. The van der Waals surface area contributed by atoms with Gasteiger partial charge in [0.15, 0.2) is 34.4 Å². The van der Waals surface area contributed by atoms with E-state index in [0.717, 1.165) is 0 Å². The lowest BCUT2D eigenvalue weighted by atomic mass is 10.0. The van der Waals surface area contributed by atoms with Crippen molar-refractivity contribution in [3.8, 4) is 5.75 Å². The van der Waals surface area contributed by atoms with E-state index in [1.165, 1.54) is 11.8 Å². The number of carboxylic acids is 1. The quantitative estimate of drug-likeness (QED) is 0.379. The van der Waals surface area contributed by atoms with Gasteiger partial charge in [-0.2, -0.15) is 4.39 Å². The number of ether oxygens (including phenoxy) is 1. The van der Waals surface area contributed by atoms with Crippen LogP contribution in [0.2, 0.25) is 0 Å². The maximum Gasteiger partial charge on any atom is 0.305 e. The number of aliphatic carboxylic acids is 1. The van der Waals surface area contributed by atoms with Crippen LogP contribution in [-0.4, -0.2) is 64.5 Å². The summed E-state index contributed by atoms with van der Waals surface area (Å²) >= 11 is 0. The molecule has 2 amide bonds. The third-order valence-electron chi connectivity index (χ3n) is 6.65. The van der Waals surface area contributed by atoms with E-state index in [9.17, 15) is 37.5 Å². The van der Waals surface area contributed by atoms with Gasteiger partial charge in [0, 0.05) is 13.1 Å². The van der Waals surface area contributed by atoms with E-state index in [-0.39, 0.29) is 17.8 Å². The average Bonchev–Trinajstić information content (AvgIpc) is 3.19. The molecular weight excluding hydrogens is 535 g/mol. The van der Waals surface area contributed by atoms with Gasteiger partial charge >= 0.3 is 5.97 Å². The van der Waals surface area contributed by atoms with Crippen molar-refractivity contribution in [1.29, 1.82) is 0 Å². The van der Waals surface area contributed by atoms with Crippen molar-refractivity contribution in [1.82, 2.24) is 15.4 Å². The van der Waals surface area contributed by atoms with Crippen LogP contribution in [0, 0.1) is 30.3 Å². The number of aromatic nitrogens is 1. The van der Waals surface area contributed by atoms with Crippen LogP contribution in [0.4, 0.5) is 13.2 Å². The van der Waals surface area contributed by atoms with E-state index in [2.05, 4.69) is 10.5 Å². The van der Waals surface area contributed by atoms with Gasteiger partial charge in [-0.3, -0.25) is 19.2 Å². The van der Waals surface area contributed by atoms with Crippen LogP contribution >= 0.6 is 0 Å². The van der Waals surface area contributed by atoms with Gasteiger partial charge in [-0.15, -0.1) is 0 Å². The standard InChI is InChI=1S/C27H26F3N3O7/c1-14-10-17(28)23(30)25(22(14)29)39-13-19(34)18(11-21(35)36)31-26(37)15-6-4-5-9-33(12-15)27(38)24-16-7-2-3-8-20(16)40-32-24/h2-3,7-8,10,15,18H,4-6,9,11-13H2,1H3,(H,31,37)(H,35,36)/t15?,18-/m0/s1. The summed E-state index contributed by atoms with van der Waals surface area (Å²) in [4.78, 5) is 52.0. The molecule has 2 N–H and O–H groups in total. The minimum absolute atomic E-state index is 0.0185. The van der Waals surface area contributed by atoms with E-state index < -0.39 is 71.8 Å². The molecule has 212 valence electrons. The highest BCUT2D eigenvalue weighted by Crippen LogP contribution is 2.27. The summed E-state index contributed by atoms with van der Waals surface area (Å²) in [7, 11) is 0. The van der Waals surface area contributed by atoms with Gasteiger partial charge in [0.1, 0.15) is 12.6 Å². The van der Waals surface area contributed by atoms with Crippen LogP contribution in [0.15, 0.2) is 34.9 Å². The summed E-state index contributed by atoms with van der Waals surface area (Å²) in [5.74, 6) is -9.68. The van der Waals surface area contributed by atoms with Crippen LogP contribution in [0.3, 0.4) is 0 Å². The Balaban J connectivity index is 1.45. The lowest BCUT2D eigenvalue weighted by Crippen LogP contribution is -2.48. The topological polar surface area (TPSA) is 139 Å². The minimum Gasteiger partial charge on any atom is -0.481 e. The number of para-hydroxylation sites is 1. The minimum atomic E-state index is -1.64. The summed E-state index contributed by atoms with van der Waals surface area (Å²) < 4.78 is 52.0. The van der Waals surface area contributed by atoms with Crippen molar-refractivity contribution in [2.24, 2.45) is 5.92 Å².